The lowest BCUT2D eigenvalue weighted by Gasteiger charge is -2.17. The second-order valence-electron chi connectivity index (χ2n) is 6.02. The number of carbonyl (C=O) groups is 2. The van der Waals surface area contributed by atoms with Gasteiger partial charge in [-0.3, -0.25) is 4.90 Å². The van der Waals surface area contributed by atoms with Gasteiger partial charge in [0.25, 0.3) is 0 Å². The van der Waals surface area contributed by atoms with Gasteiger partial charge in [0.2, 0.25) is 0 Å². The Bertz CT molecular complexity index is 755. The third-order valence-corrected chi connectivity index (χ3v) is 5.03. The van der Waals surface area contributed by atoms with Gasteiger partial charge in [-0.15, -0.1) is 0 Å². The number of likely N-dealkylation sites (tertiary alicyclic amines) is 1. The van der Waals surface area contributed by atoms with Crippen LogP contribution in [0, 0.1) is 0 Å². The van der Waals surface area contributed by atoms with Crippen molar-refractivity contribution in [2.24, 2.45) is 0 Å². The van der Waals surface area contributed by atoms with Crippen molar-refractivity contribution in [3.63, 3.8) is 0 Å². The summed E-state index contributed by atoms with van der Waals surface area (Å²) in [6, 6.07) is 19.4. The van der Waals surface area contributed by atoms with E-state index < -0.39 is 11.9 Å². The highest BCUT2D eigenvalue weighted by atomic mass is 32.2. The highest BCUT2D eigenvalue weighted by molar-refractivity contribution is 7.99. The average Bonchev–Trinajstić information content (AvgIpc) is 3.16. The largest absolute Gasteiger partial charge is 0.478 e. The number of carboxylic acids is 2. The van der Waals surface area contributed by atoms with Gasteiger partial charge in [0.1, 0.15) is 0 Å². The van der Waals surface area contributed by atoms with Crippen LogP contribution < -0.4 is 0 Å². The van der Waals surface area contributed by atoms with Gasteiger partial charge >= 0.3 is 11.9 Å². The van der Waals surface area contributed by atoms with Crippen LogP contribution in [-0.2, 0) is 16.1 Å². The predicted octanol–water partition coefficient (Wildman–Crippen LogP) is 4.15. The van der Waals surface area contributed by atoms with Crippen LogP contribution in [0.5, 0.6) is 0 Å². The van der Waals surface area contributed by atoms with Crippen molar-refractivity contribution in [2.45, 2.75) is 29.2 Å². The molecular formula is C21H23NO4S. The molecule has 1 saturated heterocycles. The second-order valence-corrected chi connectivity index (χ2v) is 7.13. The quantitative estimate of drug-likeness (QED) is 0.728. The molecule has 0 spiro atoms. The molecule has 1 aliphatic heterocycles. The average molecular weight is 385 g/mol. The lowest BCUT2D eigenvalue weighted by Crippen LogP contribution is -2.18. The Kier molecular flexibility index (Phi) is 8.61. The summed E-state index contributed by atoms with van der Waals surface area (Å²) in [7, 11) is 0. The molecule has 0 amide bonds. The fourth-order valence-electron chi connectivity index (χ4n) is 2.67. The van der Waals surface area contributed by atoms with Crippen molar-refractivity contribution in [3.8, 4) is 0 Å². The maximum Gasteiger partial charge on any atom is 0.328 e. The molecular weight excluding hydrogens is 362 g/mol. The molecule has 2 aromatic rings. The Morgan fingerprint density at radius 1 is 0.889 bits per heavy atom. The molecule has 3 rings (SSSR count). The van der Waals surface area contributed by atoms with E-state index in [4.69, 9.17) is 10.2 Å². The molecule has 0 aromatic heterocycles. The Hall–Kier alpha value is -2.57. The first-order valence-corrected chi connectivity index (χ1v) is 9.53. The van der Waals surface area contributed by atoms with E-state index in [1.165, 1.54) is 41.3 Å². The smallest absolute Gasteiger partial charge is 0.328 e. The zero-order valence-corrected chi connectivity index (χ0v) is 15.8. The maximum absolute atomic E-state index is 9.55. The highest BCUT2D eigenvalue weighted by Crippen LogP contribution is 2.31. The number of hydrogen-bond acceptors (Lipinski definition) is 4. The summed E-state index contributed by atoms with van der Waals surface area (Å²) in [5, 5.41) is 15.6. The first-order valence-electron chi connectivity index (χ1n) is 8.71. The van der Waals surface area contributed by atoms with Gasteiger partial charge in [0, 0.05) is 28.5 Å². The van der Waals surface area contributed by atoms with E-state index in [2.05, 4.69) is 59.5 Å². The molecule has 142 valence electrons. The SMILES string of the molecule is O=C(O)C=CC(=O)O.c1ccc(Sc2ccccc2CN2CCCC2)cc1. The summed E-state index contributed by atoms with van der Waals surface area (Å²) < 4.78 is 0. The summed E-state index contributed by atoms with van der Waals surface area (Å²) in [5.74, 6) is -2.51. The third-order valence-electron chi connectivity index (χ3n) is 3.90. The molecule has 6 heteroatoms. The zero-order chi connectivity index (χ0) is 19.5. The molecule has 1 aliphatic rings. The number of rotatable bonds is 6. The lowest BCUT2D eigenvalue weighted by atomic mass is 10.2. The van der Waals surface area contributed by atoms with Crippen molar-refractivity contribution in [2.75, 3.05) is 13.1 Å². The van der Waals surface area contributed by atoms with Crippen molar-refractivity contribution in [3.05, 3.63) is 72.3 Å². The molecule has 0 radical (unpaired) electrons. The van der Waals surface area contributed by atoms with E-state index in [9.17, 15) is 9.59 Å². The van der Waals surface area contributed by atoms with E-state index >= 15 is 0 Å². The number of hydrogen-bond donors (Lipinski definition) is 2. The van der Waals surface area contributed by atoms with E-state index in [0.717, 1.165) is 6.54 Å². The van der Waals surface area contributed by atoms with Gasteiger partial charge in [0.15, 0.2) is 0 Å². The summed E-state index contributed by atoms with van der Waals surface area (Å²) in [5.41, 5.74) is 1.46. The van der Waals surface area contributed by atoms with E-state index in [-0.39, 0.29) is 0 Å². The monoisotopic (exact) mass is 385 g/mol. The molecule has 0 bridgehead atoms. The first kappa shape index (κ1) is 20.7. The topological polar surface area (TPSA) is 77.8 Å². The number of benzene rings is 2. The molecule has 5 nitrogen and oxygen atoms in total. The molecule has 1 heterocycles. The van der Waals surface area contributed by atoms with Crippen LogP contribution in [0.2, 0.25) is 0 Å². The molecule has 2 aromatic carbocycles. The van der Waals surface area contributed by atoms with Crippen LogP contribution in [0.3, 0.4) is 0 Å². The van der Waals surface area contributed by atoms with Crippen LogP contribution in [-0.4, -0.2) is 40.1 Å². The minimum absolute atomic E-state index is 0.558. The Balaban J connectivity index is 0.000000279. The fraction of sp³-hybridized carbons (Fsp3) is 0.238. The van der Waals surface area contributed by atoms with Crippen LogP contribution in [0.25, 0.3) is 0 Å². The minimum Gasteiger partial charge on any atom is -0.478 e. The molecule has 0 unspecified atom stereocenters. The van der Waals surface area contributed by atoms with Gasteiger partial charge in [-0.25, -0.2) is 9.59 Å². The van der Waals surface area contributed by atoms with E-state index in [1.807, 2.05) is 11.8 Å². The van der Waals surface area contributed by atoms with Gasteiger partial charge in [-0.2, -0.15) is 0 Å². The Morgan fingerprint density at radius 3 is 2.04 bits per heavy atom. The van der Waals surface area contributed by atoms with Gasteiger partial charge in [-0.1, -0.05) is 48.2 Å². The van der Waals surface area contributed by atoms with E-state index in [0.29, 0.717) is 12.2 Å². The van der Waals surface area contributed by atoms with Crippen LogP contribution in [0.1, 0.15) is 18.4 Å². The van der Waals surface area contributed by atoms with Gasteiger partial charge in [0.05, 0.1) is 0 Å². The molecule has 2 N–H and O–H groups in total. The Morgan fingerprint density at radius 2 is 1.44 bits per heavy atom. The Labute approximate surface area is 163 Å². The summed E-state index contributed by atoms with van der Waals surface area (Å²) in [4.78, 5) is 24.4. The third kappa shape index (κ3) is 8.11. The van der Waals surface area contributed by atoms with Crippen LogP contribution in [0.15, 0.2) is 76.5 Å². The molecule has 0 saturated carbocycles. The van der Waals surface area contributed by atoms with Crippen molar-refractivity contribution in [1.82, 2.24) is 4.90 Å². The van der Waals surface area contributed by atoms with Gasteiger partial charge < -0.3 is 10.2 Å². The van der Waals surface area contributed by atoms with Crippen molar-refractivity contribution >= 4 is 23.7 Å². The summed E-state index contributed by atoms with van der Waals surface area (Å²) >= 11 is 1.87. The predicted molar refractivity (Wildman–Crippen MR) is 106 cm³/mol. The van der Waals surface area contributed by atoms with Gasteiger partial charge in [-0.05, 0) is 49.7 Å². The first-order chi connectivity index (χ1) is 13.0. The standard InChI is InChI=1S/C17H19NS.C4H4O4/c1-2-9-16(10-3-1)19-17-11-5-4-8-15(17)14-18-12-6-7-13-18;5-3(6)1-2-4(7)8/h1-5,8-11H,6-7,12-14H2;1-2H,(H,5,6)(H,7,8). The van der Waals surface area contributed by atoms with Crippen LogP contribution in [0.4, 0.5) is 0 Å². The molecule has 1 fully saturated rings. The van der Waals surface area contributed by atoms with Crippen molar-refractivity contribution in [1.29, 1.82) is 0 Å². The minimum atomic E-state index is -1.26. The molecule has 0 aliphatic carbocycles. The molecule has 27 heavy (non-hydrogen) atoms. The normalized spacial score (nSPS) is 13.9. The molecule has 0 atom stereocenters. The lowest BCUT2D eigenvalue weighted by molar-refractivity contribution is -0.134. The van der Waals surface area contributed by atoms with Crippen molar-refractivity contribution < 1.29 is 19.8 Å². The van der Waals surface area contributed by atoms with E-state index in [1.54, 1.807) is 0 Å². The summed E-state index contributed by atoms with van der Waals surface area (Å²) in [6.07, 6.45) is 3.83. The number of aliphatic carboxylic acids is 2. The maximum atomic E-state index is 9.55. The number of carboxylic acid groups (broad SMARTS) is 2. The second kappa shape index (κ2) is 11.2. The summed E-state index contributed by atoms with van der Waals surface area (Å²) in [6.45, 7) is 3.60. The fourth-order valence-corrected chi connectivity index (χ4v) is 3.63. The zero-order valence-electron chi connectivity index (χ0n) is 15.0. The number of nitrogens with zero attached hydrogens (tertiary/aromatic N) is 1. The van der Waals surface area contributed by atoms with Crippen LogP contribution >= 0.6 is 11.8 Å². The highest BCUT2D eigenvalue weighted by Gasteiger charge is 2.13.